The van der Waals surface area contributed by atoms with Gasteiger partial charge >= 0.3 is 0 Å². The van der Waals surface area contributed by atoms with Crippen LogP contribution < -0.4 is 5.32 Å². The number of ether oxygens (including phenoxy) is 1. The first kappa shape index (κ1) is 10.4. The summed E-state index contributed by atoms with van der Waals surface area (Å²) in [6.45, 7) is 2.77. The van der Waals surface area contributed by atoms with Crippen LogP contribution in [0.4, 0.5) is 0 Å². The van der Waals surface area contributed by atoms with E-state index in [4.69, 9.17) is 9.84 Å². The lowest BCUT2D eigenvalue weighted by molar-refractivity contribution is -0.133. The van der Waals surface area contributed by atoms with Gasteiger partial charge in [0.2, 0.25) is 0 Å². The third-order valence-electron chi connectivity index (χ3n) is 2.13. The van der Waals surface area contributed by atoms with Gasteiger partial charge in [-0.3, -0.25) is 4.79 Å². The Hall–Kier alpha value is -0.710. The van der Waals surface area contributed by atoms with E-state index >= 15 is 0 Å². The summed E-state index contributed by atoms with van der Waals surface area (Å²) in [5.41, 5.74) is -0.0883. The number of aliphatic hydroxyl groups excluding tert-OH is 1. The van der Waals surface area contributed by atoms with Gasteiger partial charge in [0.25, 0.3) is 0 Å². The molecule has 1 rings (SSSR count). The van der Waals surface area contributed by atoms with Crippen molar-refractivity contribution >= 4 is 6.29 Å². The number of carbonyl (C=O) groups excluding carboxylic acids is 1. The SMILES string of the molecule is O=CC=CCNCC1(CO)COC1. The Balaban J connectivity index is 2.10. The second kappa shape index (κ2) is 5.11. The van der Waals surface area contributed by atoms with Crippen molar-refractivity contribution in [3.63, 3.8) is 0 Å². The van der Waals surface area contributed by atoms with E-state index in [9.17, 15) is 4.79 Å². The van der Waals surface area contributed by atoms with E-state index in [1.165, 1.54) is 6.08 Å². The van der Waals surface area contributed by atoms with Crippen LogP contribution >= 0.6 is 0 Å². The molecule has 0 saturated carbocycles. The maximum Gasteiger partial charge on any atom is 0.142 e. The predicted molar refractivity (Wildman–Crippen MR) is 48.4 cm³/mol. The van der Waals surface area contributed by atoms with E-state index in [1.54, 1.807) is 6.08 Å². The molecule has 0 atom stereocenters. The molecule has 4 nitrogen and oxygen atoms in total. The molecule has 0 spiro atoms. The summed E-state index contributed by atoms with van der Waals surface area (Å²) in [5.74, 6) is 0. The molecule has 1 aliphatic rings. The lowest BCUT2D eigenvalue weighted by Gasteiger charge is -2.39. The van der Waals surface area contributed by atoms with Crippen molar-refractivity contribution < 1.29 is 14.6 Å². The summed E-state index contributed by atoms with van der Waals surface area (Å²) in [7, 11) is 0. The summed E-state index contributed by atoms with van der Waals surface area (Å²) < 4.78 is 5.03. The number of hydrogen-bond donors (Lipinski definition) is 2. The fourth-order valence-electron chi connectivity index (χ4n) is 1.18. The third kappa shape index (κ3) is 2.91. The third-order valence-corrected chi connectivity index (χ3v) is 2.13. The van der Waals surface area contributed by atoms with E-state index in [0.29, 0.717) is 19.8 Å². The fourth-order valence-corrected chi connectivity index (χ4v) is 1.18. The molecule has 2 N–H and O–H groups in total. The first-order chi connectivity index (χ1) is 6.33. The van der Waals surface area contributed by atoms with E-state index in [1.807, 2.05) is 0 Å². The zero-order chi connectivity index (χ0) is 9.57. The Morgan fingerprint density at radius 2 is 2.31 bits per heavy atom. The molecular formula is C9H15NO3. The van der Waals surface area contributed by atoms with Gasteiger partial charge in [-0.15, -0.1) is 0 Å². The van der Waals surface area contributed by atoms with Crippen molar-refractivity contribution in [1.82, 2.24) is 5.32 Å². The second-order valence-electron chi connectivity index (χ2n) is 3.35. The van der Waals surface area contributed by atoms with E-state index in [2.05, 4.69) is 5.32 Å². The summed E-state index contributed by atoms with van der Waals surface area (Å²) >= 11 is 0. The largest absolute Gasteiger partial charge is 0.396 e. The Labute approximate surface area is 77.6 Å². The lowest BCUT2D eigenvalue weighted by atomic mass is 9.87. The second-order valence-corrected chi connectivity index (χ2v) is 3.35. The van der Waals surface area contributed by atoms with Gasteiger partial charge in [-0.05, 0) is 6.08 Å². The highest BCUT2D eigenvalue weighted by molar-refractivity contribution is 5.64. The maximum atomic E-state index is 9.91. The molecule has 0 aromatic rings. The quantitative estimate of drug-likeness (QED) is 0.328. The number of allylic oxidation sites excluding steroid dienone is 1. The summed E-state index contributed by atoms with van der Waals surface area (Å²) in [6.07, 6.45) is 3.95. The molecule has 74 valence electrons. The molecule has 0 radical (unpaired) electrons. The molecule has 0 aliphatic carbocycles. The van der Waals surface area contributed by atoms with Gasteiger partial charge in [0.15, 0.2) is 0 Å². The molecule has 13 heavy (non-hydrogen) atoms. The first-order valence-electron chi connectivity index (χ1n) is 4.33. The number of rotatable bonds is 6. The molecule has 0 aromatic heterocycles. The monoisotopic (exact) mass is 185 g/mol. The number of carbonyl (C=O) groups is 1. The summed E-state index contributed by atoms with van der Waals surface area (Å²) in [4.78, 5) is 9.91. The smallest absolute Gasteiger partial charge is 0.142 e. The summed E-state index contributed by atoms with van der Waals surface area (Å²) in [6, 6.07) is 0. The molecule has 0 bridgehead atoms. The molecule has 0 amide bonds. The van der Waals surface area contributed by atoms with Gasteiger partial charge in [-0.2, -0.15) is 0 Å². The van der Waals surface area contributed by atoms with Crippen LogP contribution in [0.25, 0.3) is 0 Å². The van der Waals surface area contributed by atoms with Gasteiger partial charge in [0, 0.05) is 13.1 Å². The van der Waals surface area contributed by atoms with E-state index < -0.39 is 0 Å². The Morgan fingerprint density at radius 1 is 1.54 bits per heavy atom. The minimum atomic E-state index is -0.0883. The standard InChI is InChI=1S/C9H15NO3/c11-4-2-1-3-10-5-9(6-12)7-13-8-9/h1-2,4,10,12H,3,5-8H2. The van der Waals surface area contributed by atoms with Crippen LogP contribution in [0.5, 0.6) is 0 Å². The summed E-state index contributed by atoms with van der Waals surface area (Å²) in [5, 5.41) is 12.2. The van der Waals surface area contributed by atoms with Crippen LogP contribution in [-0.4, -0.2) is 44.3 Å². The molecule has 1 aliphatic heterocycles. The topological polar surface area (TPSA) is 58.6 Å². The lowest BCUT2D eigenvalue weighted by Crippen LogP contribution is -2.52. The van der Waals surface area contributed by atoms with Gasteiger partial charge in [0.1, 0.15) is 6.29 Å². The van der Waals surface area contributed by atoms with Gasteiger partial charge < -0.3 is 15.2 Å². The van der Waals surface area contributed by atoms with Crippen LogP contribution in [0.2, 0.25) is 0 Å². The van der Waals surface area contributed by atoms with Gasteiger partial charge in [0.05, 0.1) is 25.2 Å². The Morgan fingerprint density at radius 3 is 2.77 bits per heavy atom. The zero-order valence-electron chi connectivity index (χ0n) is 7.53. The van der Waals surface area contributed by atoms with Crippen molar-refractivity contribution in [3.8, 4) is 0 Å². The first-order valence-corrected chi connectivity index (χ1v) is 4.33. The molecular weight excluding hydrogens is 170 g/mol. The van der Waals surface area contributed by atoms with Crippen LogP contribution in [0, 0.1) is 5.41 Å². The minimum Gasteiger partial charge on any atom is -0.396 e. The number of hydrogen-bond acceptors (Lipinski definition) is 4. The Bertz CT molecular complexity index is 182. The highest BCUT2D eigenvalue weighted by Gasteiger charge is 2.37. The number of aliphatic hydroxyl groups is 1. The molecule has 1 fully saturated rings. The Kier molecular flexibility index (Phi) is 4.08. The number of nitrogens with one attached hydrogen (secondary N) is 1. The predicted octanol–water partition coefficient (Wildman–Crippen LogP) is -0.660. The fraction of sp³-hybridized carbons (Fsp3) is 0.667. The van der Waals surface area contributed by atoms with Crippen molar-refractivity contribution in [2.45, 2.75) is 0 Å². The van der Waals surface area contributed by atoms with Gasteiger partial charge in [-0.25, -0.2) is 0 Å². The normalized spacial score (nSPS) is 20.1. The van der Waals surface area contributed by atoms with Crippen LogP contribution in [0.1, 0.15) is 0 Å². The minimum absolute atomic E-state index is 0.0883. The van der Waals surface area contributed by atoms with Crippen molar-refractivity contribution in [2.24, 2.45) is 5.41 Å². The van der Waals surface area contributed by atoms with Crippen molar-refractivity contribution in [2.75, 3.05) is 32.9 Å². The zero-order valence-corrected chi connectivity index (χ0v) is 7.53. The highest BCUT2D eigenvalue weighted by atomic mass is 16.5. The van der Waals surface area contributed by atoms with Crippen molar-refractivity contribution in [1.29, 1.82) is 0 Å². The van der Waals surface area contributed by atoms with E-state index in [-0.39, 0.29) is 12.0 Å². The van der Waals surface area contributed by atoms with E-state index in [0.717, 1.165) is 12.8 Å². The molecule has 4 heteroatoms. The van der Waals surface area contributed by atoms with Crippen molar-refractivity contribution in [3.05, 3.63) is 12.2 Å². The van der Waals surface area contributed by atoms with Crippen LogP contribution in [0.3, 0.4) is 0 Å². The average Bonchev–Trinajstić information content (AvgIpc) is 2.09. The molecule has 0 unspecified atom stereocenters. The molecule has 1 saturated heterocycles. The van der Waals surface area contributed by atoms with Crippen LogP contribution in [0.15, 0.2) is 12.2 Å². The maximum absolute atomic E-state index is 9.91. The highest BCUT2D eigenvalue weighted by Crippen LogP contribution is 2.25. The van der Waals surface area contributed by atoms with Crippen LogP contribution in [-0.2, 0) is 9.53 Å². The van der Waals surface area contributed by atoms with Gasteiger partial charge in [-0.1, -0.05) is 6.08 Å². The number of aldehydes is 1. The average molecular weight is 185 g/mol. The molecule has 1 heterocycles. The molecule has 0 aromatic carbocycles.